The zero-order chi connectivity index (χ0) is 17.6. The first kappa shape index (κ1) is 17.6. The Morgan fingerprint density at radius 2 is 2.32 bits per heavy atom. The van der Waals surface area contributed by atoms with E-state index in [1.54, 1.807) is 24.2 Å². The largest absolute Gasteiger partial charge is 0.332 e. The number of allylic oxidation sites excluding steroid dienone is 2. The summed E-state index contributed by atoms with van der Waals surface area (Å²) in [7, 11) is 1.95. The van der Waals surface area contributed by atoms with E-state index in [4.69, 9.17) is 0 Å². The predicted molar refractivity (Wildman–Crippen MR) is 99.6 cm³/mol. The monoisotopic (exact) mass is 360 g/mol. The lowest BCUT2D eigenvalue weighted by molar-refractivity contribution is 0.251. The molecule has 25 heavy (non-hydrogen) atoms. The van der Waals surface area contributed by atoms with Gasteiger partial charge in [-0.05, 0) is 31.4 Å². The maximum Gasteiger partial charge on any atom is 0.320 e. The quantitative estimate of drug-likeness (QED) is 0.613. The van der Waals surface area contributed by atoms with Gasteiger partial charge in [0.25, 0.3) is 0 Å². The second-order valence-corrected chi connectivity index (χ2v) is 6.93. The number of amides is 2. The van der Waals surface area contributed by atoms with Crippen LogP contribution in [0.3, 0.4) is 0 Å². The molecule has 1 unspecified atom stereocenters. The van der Waals surface area contributed by atoms with Crippen LogP contribution >= 0.6 is 11.8 Å². The lowest BCUT2D eigenvalue weighted by Crippen LogP contribution is -2.30. The van der Waals surface area contributed by atoms with Crippen LogP contribution in [-0.2, 0) is 20.1 Å². The first-order chi connectivity index (χ1) is 12.2. The SMILES string of the molecule is CSc1ncc(CNC(=O)Nc2ccnn2CC2CC=CCC2)n1C. The number of hydrogen-bond acceptors (Lipinski definition) is 4. The first-order valence-electron chi connectivity index (χ1n) is 8.43. The van der Waals surface area contributed by atoms with Crippen molar-refractivity contribution < 1.29 is 4.79 Å². The van der Waals surface area contributed by atoms with Crippen molar-refractivity contribution in [2.75, 3.05) is 11.6 Å². The summed E-state index contributed by atoms with van der Waals surface area (Å²) >= 11 is 1.58. The van der Waals surface area contributed by atoms with Gasteiger partial charge in [0.05, 0.1) is 24.6 Å². The van der Waals surface area contributed by atoms with Crippen LogP contribution in [0.2, 0.25) is 0 Å². The van der Waals surface area contributed by atoms with Gasteiger partial charge in [0, 0.05) is 19.7 Å². The van der Waals surface area contributed by atoms with Crippen molar-refractivity contribution in [3.8, 4) is 0 Å². The minimum absolute atomic E-state index is 0.239. The average Bonchev–Trinajstić information content (AvgIpc) is 3.20. The van der Waals surface area contributed by atoms with Gasteiger partial charge in [-0.3, -0.25) is 5.32 Å². The van der Waals surface area contributed by atoms with Crippen molar-refractivity contribution >= 4 is 23.6 Å². The molecule has 0 saturated carbocycles. The smallest absolute Gasteiger partial charge is 0.320 e. The van der Waals surface area contributed by atoms with Gasteiger partial charge in [-0.15, -0.1) is 0 Å². The number of nitrogens with zero attached hydrogens (tertiary/aromatic N) is 4. The molecular weight excluding hydrogens is 336 g/mol. The van der Waals surface area contributed by atoms with Crippen LogP contribution in [0.25, 0.3) is 0 Å². The molecule has 2 N–H and O–H groups in total. The molecule has 1 aliphatic rings. The first-order valence-corrected chi connectivity index (χ1v) is 9.66. The lowest BCUT2D eigenvalue weighted by atomic mass is 9.94. The Morgan fingerprint density at radius 3 is 3.04 bits per heavy atom. The molecule has 1 aliphatic carbocycles. The van der Waals surface area contributed by atoms with Gasteiger partial charge in [-0.25, -0.2) is 14.5 Å². The van der Waals surface area contributed by atoms with Crippen molar-refractivity contribution in [1.29, 1.82) is 0 Å². The summed E-state index contributed by atoms with van der Waals surface area (Å²) < 4.78 is 3.85. The number of hydrogen-bond donors (Lipinski definition) is 2. The molecule has 8 heteroatoms. The molecule has 2 aromatic heterocycles. The van der Waals surface area contributed by atoms with E-state index in [1.165, 1.54) is 6.42 Å². The predicted octanol–water partition coefficient (Wildman–Crippen LogP) is 3.02. The molecule has 0 spiro atoms. The minimum atomic E-state index is -0.239. The van der Waals surface area contributed by atoms with Crippen molar-refractivity contribution in [2.45, 2.75) is 37.5 Å². The van der Waals surface area contributed by atoms with Gasteiger partial charge in [0.15, 0.2) is 5.16 Å². The van der Waals surface area contributed by atoms with E-state index < -0.39 is 0 Å². The molecule has 1 atom stereocenters. The molecule has 0 fully saturated rings. The lowest BCUT2D eigenvalue weighted by Gasteiger charge is -2.19. The van der Waals surface area contributed by atoms with Gasteiger partial charge in [-0.1, -0.05) is 23.9 Å². The molecule has 0 bridgehead atoms. The van der Waals surface area contributed by atoms with E-state index in [0.717, 1.165) is 36.1 Å². The van der Waals surface area contributed by atoms with Crippen molar-refractivity contribution in [2.24, 2.45) is 13.0 Å². The Balaban J connectivity index is 1.53. The van der Waals surface area contributed by atoms with Crippen LogP contribution < -0.4 is 10.6 Å². The van der Waals surface area contributed by atoms with E-state index in [0.29, 0.717) is 12.5 Å². The molecule has 0 saturated heterocycles. The number of carbonyl (C=O) groups excluding carboxylic acids is 1. The Morgan fingerprint density at radius 1 is 1.44 bits per heavy atom. The topological polar surface area (TPSA) is 76.8 Å². The Hall–Kier alpha value is -2.22. The van der Waals surface area contributed by atoms with E-state index in [1.807, 2.05) is 28.6 Å². The average molecular weight is 360 g/mol. The molecule has 0 aromatic carbocycles. The zero-order valence-corrected chi connectivity index (χ0v) is 15.4. The Kier molecular flexibility index (Phi) is 5.80. The van der Waals surface area contributed by atoms with Crippen LogP contribution in [0.1, 0.15) is 25.0 Å². The fourth-order valence-electron chi connectivity index (χ4n) is 2.96. The number of anilines is 1. The summed E-state index contributed by atoms with van der Waals surface area (Å²) in [6, 6.07) is 1.59. The summed E-state index contributed by atoms with van der Waals surface area (Å²) in [6.45, 7) is 1.25. The number of carbonyl (C=O) groups is 1. The summed E-state index contributed by atoms with van der Waals surface area (Å²) in [5.41, 5.74) is 0.960. The van der Waals surface area contributed by atoms with Crippen LogP contribution in [0.5, 0.6) is 0 Å². The third kappa shape index (κ3) is 4.45. The molecule has 3 rings (SSSR count). The Bertz CT molecular complexity index is 750. The van der Waals surface area contributed by atoms with Crippen LogP contribution in [0.15, 0.2) is 35.8 Å². The maximum atomic E-state index is 12.2. The van der Waals surface area contributed by atoms with Crippen LogP contribution in [0.4, 0.5) is 10.6 Å². The molecule has 0 radical (unpaired) electrons. The molecule has 7 nitrogen and oxygen atoms in total. The number of urea groups is 1. The van der Waals surface area contributed by atoms with Gasteiger partial charge < -0.3 is 9.88 Å². The van der Waals surface area contributed by atoms with Gasteiger partial charge in [-0.2, -0.15) is 5.10 Å². The zero-order valence-electron chi connectivity index (χ0n) is 14.6. The number of rotatable bonds is 6. The number of aromatic nitrogens is 4. The number of nitrogens with one attached hydrogen (secondary N) is 2. The summed E-state index contributed by atoms with van der Waals surface area (Å²) in [6.07, 6.45) is 13.3. The van der Waals surface area contributed by atoms with Gasteiger partial charge in [0.1, 0.15) is 5.82 Å². The van der Waals surface area contributed by atoms with E-state index in [-0.39, 0.29) is 6.03 Å². The number of imidazole rings is 1. The fraction of sp³-hybridized carbons (Fsp3) is 0.471. The van der Waals surface area contributed by atoms with Crippen LogP contribution in [-0.4, -0.2) is 31.6 Å². The molecule has 134 valence electrons. The third-order valence-electron chi connectivity index (χ3n) is 4.42. The van der Waals surface area contributed by atoms with E-state index >= 15 is 0 Å². The molecule has 2 amide bonds. The fourth-order valence-corrected chi connectivity index (χ4v) is 3.51. The minimum Gasteiger partial charge on any atom is -0.332 e. The highest BCUT2D eigenvalue weighted by atomic mass is 32.2. The highest BCUT2D eigenvalue weighted by Gasteiger charge is 2.14. The standard InChI is InChI=1S/C17H24N6OS/c1-22-14(11-19-17(22)25-2)10-18-16(24)21-15-8-9-20-23(15)12-13-6-4-3-5-7-13/h3-4,8-9,11,13H,5-7,10,12H2,1-2H3,(H2,18,21,24). The molecule has 2 heterocycles. The highest BCUT2D eigenvalue weighted by molar-refractivity contribution is 7.98. The summed E-state index contributed by atoms with van der Waals surface area (Å²) in [4.78, 5) is 16.5. The third-order valence-corrected chi connectivity index (χ3v) is 5.17. The summed E-state index contributed by atoms with van der Waals surface area (Å²) in [5, 5.41) is 11.0. The number of thioether (sulfide) groups is 1. The maximum absolute atomic E-state index is 12.2. The van der Waals surface area contributed by atoms with E-state index in [2.05, 4.69) is 32.9 Å². The molecular formula is C17H24N6OS. The van der Waals surface area contributed by atoms with E-state index in [9.17, 15) is 4.79 Å². The van der Waals surface area contributed by atoms with Crippen molar-refractivity contribution in [3.63, 3.8) is 0 Å². The molecule has 0 aliphatic heterocycles. The van der Waals surface area contributed by atoms with Crippen molar-refractivity contribution in [1.82, 2.24) is 24.6 Å². The highest BCUT2D eigenvalue weighted by Crippen LogP contribution is 2.21. The molecule has 2 aromatic rings. The van der Waals surface area contributed by atoms with Crippen LogP contribution in [0, 0.1) is 5.92 Å². The second kappa shape index (κ2) is 8.24. The van der Waals surface area contributed by atoms with Gasteiger partial charge >= 0.3 is 6.03 Å². The normalized spacial score (nSPS) is 16.8. The Labute approximate surface area is 151 Å². The second-order valence-electron chi connectivity index (χ2n) is 6.15. The van der Waals surface area contributed by atoms with Crippen molar-refractivity contribution in [3.05, 3.63) is 36.3 Å². The summed E-state index contributed by atoms with van der Waals surface area (Å²) in [5.74, 6) is 1.30. The van der Waals surface area contributed by atoms with Gasteiger partial charge in [0.2, 0.25) is 0 Å².